The van der Waals surface area contributed by atoms with Crippen molar-refractivity contribution >= 4 is 28.9 Å². The second-order valence-corrected chi connectivity index (χ2v) is 5.91. The molecule has 1 aromatic carbocycles. The number of para-hydroxylation sites is 1. The van der Waals surface area contributed by atoms with Gasteiger partial charge in [-0.15, -0.1) is 0 Å². The van der Waals surface area contributed by atoms with Gasteiger partial charge >= 0.3 is 0 Å². The van der Waals surface area contributed by atoms with E-state index in [9.17, 15) is 4.79 Å². The van der Waals surface area contributed by atoms with E-state index in [4.69, 9.17) is 12.2 Å². The van der Waals surface area contributed by atoms with Crippen molar-refractivity contribution in [1.82, 2.24) is 5.32 Å². The molecule has 110 valence electrons. The number of anilines is 1. The third-order valence-electron chi connectivity index (χ3n) is 3.20. The molecule has 20 heavy (non-hydrogen) atoms. The van der Waals surface area contributed by atoms with Gasteiger partial charge in [-0.1, -0.05) is 45.9 Å². The molecule has 1 aromatic rings. The lowest BCUT2D eigenvalue weighted by Gasteiger charge is -2.17. The summed E-state index contributed by atoms with van der Waals surface area (Å²) < 4.78 is 0. The SMILES string of the molecule is CCC(C)c1ccccc1NC(=S)NC(=O)CC(C)C. The van der Waals surface area contributed by atoms with E-state index in [1.54, 1.807) is 0 Å². The number of nitrogens with one attached hydrogen (secondary N) is 2. The first-order chi connectivity index (χ1) is 9.43. The number of rotatable bonds is 5. The van der Waals surface area contributed by atoms with Gasteiger partial charge in [-0.25, -0.2) is 0 Å². The third-order valence-corrected chi connectivity index (χ3v) is 3.40. The minimum Gasteiger partial charge on any atom is -0.332 e. The van der Waals surface area contributed by atoms with Gasteiger partial charge in [0.15, 0.2) is 5.11 Å². The van der Waals surface area contributed by atoms with E-state index in [0.717, 1.165) is 12.1 Å². The monoisotopic (exact) mass is 292 g/mol. The van der Waals surface area contributed by atoms with Gasteiger partial charge in [0.1, 0.15) is 0 Å². The Morgan fingerprint density at radius 1 is 1.25 bits per heavy atom. The Bertz CT molecular complexity index is 471. The van der Waals surface area contributed by atoms with Crippen LogP contribution in [0.3, 0.4) is 0 Å². The van der Waals surface area contributed by atoms with Crippen LogP contribution >= 0.6 is 12.2 Å². The van der Waals surface area contributed by atoms with Gasteiger partial charge in [0.2, 0.25) is 5.91 Å². The van der Waals surface area contributed by atoms with Crippen LogP contribution < -0.4 is 10.6 Å². The average Bonchev–Trinajstić information content (AvgIpc) is 2.37. The van der Waals surface area contributed by atoms with Gasteiger partial charge in [-0.05, 0) is 42.1 Å². The van der Waals surface area contributed by atoms with Gasteiger partial charge in [-0.3, -0.25) is 4.79 Å². The summed E-state index contributed by atoms with van der Waals surface area (Å²) in [5.74, 6) is 0.733. The van der Waals surface area contributed by atoms with E-state index in [1.165, 1.54) is 5.56 Å². The first-order valence-electron chi connectivity index (χ1n) is 7.13. The maximum atomic E-state index is 11.7. The Kier molecular flexibility index (Phi) is 6.65. The molecule has 0 aliphatic heterocycles. The molecule has 0 heterocycles. The molecule has 0 aliphatic carbocycles. The number of hydrogen-bond donors (Lipinski definition) is 2. The number of amides is 1. The first kappa shape index (κ1) is 16.6. The molecule has 4 heteroatoms. The van der Waals surface area contributed by atoms with Crippen LogP contribution in [-0.4, -0.2) is 11.0 Å². The lowest BCUT2D eigenvalue weighted by molar-refractivity contribution is -0.120. The molecule has 0 aromatic heterocycles. The molecule has 0 spiro atoms. The van der Waals surface area contributed by atoms with Crippen LogP contribution in [0.1, 0.15) is 52.0 Å². The molecule has 0 aliphatic rings. The van der Waals surface area contributed by atoms with Gasteiger partial charge in [0.25, 0.3) is 0 Å². The van der Waals surface area contributed by atoms with E-state index >= 15 is 0 Å². The summed E-state index contributed by atoms with van der Waals surface area (Å²) in [6.07, 6.45) is 1.54. The number of carbonyl (C=O) groups excluding carboxylic acids is 1. The number of benzene rings is 1. The van der Waals surface area contributed by atoms with Gasteiger partial charge in [0, 0.05) is 12.1 Å². The predicted octanol–water partition coefficient (Wildman–Crippen LogP) is 4.06. The van der Waals surface area contributed by atoms with Crippen molar-refractivity contribution in [2.75, 3.05) is 5.32 Å². The van der Waals surface area contributed by atoms with Crippen LogP contribution in [0.5, 0.6) is 0 Å². The summed E-state index contributed by atoms with van der Waals surface area (Å²) in [4.78, 5) is 11.7. The Labute approximate surface area is 127 Å². The minimum atomic E-state index is -0.0430. The summed E-state index contributed by atoms with van der Waals surface area (Å²) >= 11 is 5.20. The van der Waals surface area contributed by atoms with Gasteiger partial charge in [0.05, 0.1) is 0 Å². The molecule has 1 atom stereocenters. The maximum Gasteiger partial charge on any atom is 0.226 e. The molecule has 1 amide bonds. The summed E-state index contributed by atoms with van der Waals surface area (Å²) in [5, 5.41) is 6.22. The molecule has 2 N–H and O–H groups in total. The Hall–Kier alpha value is -1.42. The topological polar surface area (TPSA) is 41.1 Å². The summed E-state index contributed by atoms with van der Waals surface area (Å²) in [5.41, 5.74) is 2.19. The minimum absolute atomic E-state index is 0.0430. The second-order valence-electron chi connectivity index (χ2n) is 5.50. The van der Waals surface area contributed by atoms with Crippen LogP contribution in [0.2, 0.25) is 0 Å². The molecule has 0 bridgehead atoms. The normalized spacial score (nSPS) is 12.1. The van der Waals surface area contributed by atoms with Crippen molar-refractivity contribution < 1.29 is 4.79 Å². The lowest BCUT2D eigenvalue weighted by atomic mass is 9.97. The van der Waals surface area contributed by atoms with Crippen molar-refractivity contribution in [2.24, 2.45) is 5.92 Å². The fourth-order valence-electron chi connectivity index (χ4n) is 1.96. The quantitative estimate of drug-likeness (QED) is 0.804. The summed E-state index contributed by atoms with van der Waals surface area (Å²) in [7, 11) is 0. The standard InChI is InChI=1S/C16H24N2OS/c1-5-12(4)13-8-6-7-9-14(13)17-16(20)18-15(19)10-11(2)3/h6-9,11-12H,5,10H2,1-4H3,(H2,17,18,19,20). The van der Waals surface area contributed by atoms with Crippen molar-refractivity contribution in [3.63, 3.8) is 0 Å². The molecule has 0 radical (unpaired) electrons. The van der Waals surface area contributed by atoms with Crippen LogP contribution in [0.4, 0.5) is 5.69 Å². The molecule has 0 saturated heterocycles. The van der Waals surface area contributed by atoms with Crippen molar-refractivity contribution in [3.05, 3.63) is 29.8 Å². The van der Waals surface area contributed by atoms with Crippen LogP contribution in [0.25, 0.3) is 0 Å². The van der Waals surface area contributed by atoms with Gasteiger partial charge in [-0.2, -0.15) is 0 Å². The Morgan fingerprint density at radius 3 is 2.50 bits per heavy atom. The highest BCUT2D eigenvalue weighted by Crippen LogP contribution is 2.26. The predicted molar refractivity (Wildman–Crippen MR) is 89.0 cm³/mol. The molecule has 1 rings (SSSR count). The number of carbonyl (C=O) groups is 1. The van der Waals surface area contributed by atoms with Crippen molar-refractivity contribution in [3.8, 4) is 0 Å². The highest BCUT2D eigenvalue weighted by molar-refractivity contribution is 7.80. The van der Waals surface area contributed by atoms with Gasteiger partial charge < -0.3 is 10.6 Å². The third kappa shape index (κ3) is 5.29. The molecule has 0 saturated carbocycles. The maximum absolute atomic E-state index is 11.7. The zero-order chi connectivity index (χ0) is 15.1. The zero-order valence-electron chi connectivity index (χ0n) is 12.7. The summed E-state index contributed by atoms with van der Waals surface area (Å²) in [6.45, 7) is 8.35. The highest BCUT2D eigenvalue weighted by atomic mass is 32.1. The smallest absolute Gasteiger partial charge is 0.226 e. The molecule has 0 fully saturated rings. The van der Waals surface area contributed by atoms with Crippen LogP contribution in [0.15, 0.2) is 24.3 Å². The molecule has 1 unspecified atom stereocenters. The molecular formula is C16H24N2OS. The van der Waals surface area contributed by atoms with Crippen molar-refractivity contribution in [1.29, 1.82) is 0 Å². The van der Waals surface area contributed by atoms with E-state index < -0.39 is 0 Å². The Morgan fingerprint density at radius 2 is 1.90 bits per heavy atom. The van der Waals surface area contributed by atoms with Crippen LogP contribution in [0, 0.1) is 5.92 Å². The fourth-order valence-corrected chi connectivity index (χ4v) is 2.19. The highest BCUT2D eigenvalue weighted by Gasteiger charge is 2.11. The molecular weight excluding hydrogens is 268 g/mol. The van der Waals surface area contributed by atoms with E-state index in [-0.39, 0.29) is 5.91 Å². The average molecular weight is 292 g/mol. The largest absolute Gasteiger partial charge is 0.332 e. The zero-order valence-corrected chi connectivity index (χ0v) is 13.5. The Balaban J connectivity index is 2.69. The van der Waals surface area contributed by atoms with Crippen LogP contribution in [-0.2, 0) is 4.79 Å². The summed E-state index contributed by atoms with van der Waals surface area (Å²) in [6, 6.07) is 8.07. The number of hydrogen-bond acceptors (Lipinski definition) is 2. The molecule has 3 nitrogen and oxygen atoms in total. The fraction of sp³-hybridized carbons (Fsp3) is 0.500. The van der Waals surface area contributed by atoms with E-state index in [0.29, 0.717) is 23.4 Å². The van der Waals surface area contributed by atoms with E-state index in [1.807, 2.05) is 32.0 Å². The van der Waals surface area contributed by atoms with Crippen molar-refractivity contribution in [2.45, 2.75) is 46.5 Å². The number of thiocarbonyl (C=S) groups is 1. The lowest BCUT2D eigenvalue weighted by Crippen LogP contribution is -2.34. The van der Waals surface area contributed by atoms with E-state index in [2.05, 4.69) is 30.5 Å². The first-order valence-corrected chi connectivity index (χ1v) is 7.54. The second kappa shape index (κ2) is 8.00.